The zero-order valence-corrected chi connectivity index (χ0v) is 22.7. The van der Waals surface area contributed by atoms with Crippen molar-refractivity contribution in [2.24, 2.45) is 0 Å². The Morgan fingerprint density at radius 1 is 0.868 bits per heavy atom. The predicted molar refractivity (Wildman–Crippen MR) is 142 cm³/mol. The minimum Gasteiger partial charge on any atom is -0.497 e. The van der Waals surface area contributed by atoms with Crippen molar-refractivity contribution in [1.82, 2.24) is 9.62 Å². The molecule has 4 rings (SSSR count). The van der Waals surface area contributed by atoms with Crippen LogP contribution in [0.3, 0.4) is 0 Å². The van der Waals surface area contributed by atoms with Gasteiger partial charge in [-0.2, -0.15) is 0 Å². The largest absolute Gasteiger partial charge is 0.587 e. The van der Waals surface area contributed by atoms with Crippen molar-refractivity contribution >= 4 is 17.8 Å². The summed E-state index contributed by atoms with van der Waals surface area (Å²) in [4.78, 5) is 2.11. The second kappa shape index (κ2) is 13.2. The van der Waals surface area contributed by atoms with Crippen LogP contribution in [0, 0.1) is 0 Å². The van der Waals surface area contributed by atoms with Gasteiger partial charge in [0.1, 0.15) is 17.2 Å². The Bertz CT molecular complexity index is 1240. The molecule has 1 unspecified atom stereocenters. The van der Waals surface area contributed by atoms with E-state index in [0.717, 1.165) is 0 Å². The van der Waals surface area contributed by atoms with Gasteiger partial charge >= 0.3 is 7.82 Å². The minimum absolute atomic E-state index is 0.0627. The highest BCUT2D eigenvalue weighted by Crippen LogP contribution is 2.50. The van der Waals surface area contributed by atoms with Crippen molar-refractivity contribution in [2.45, 2.75) is 11.0 Å². The fourth-order valence-electron chi connectivity index (χ4n) is 3.71. The van der Waals surface area contributed by atoms with Gasteiger partial charge in [0.05, 0.1) is 31.3 Å². The van der Waals surface area contributed by atoms with Crippen molar-refractivity contribution < 1.29 is 36.0 Å². The van der Waals surface area contributed by atoms with Crippen LogP contribution >= 0.6 is 7.82 Å². The Morgan fingerprint density at radius 2 is 1.42 bits per heavy atom. The number of ether oxygens (including phenoxy) is 2. The number of nitrogens with zero attached hydrogens (tertiary/aromatic N) is 1. The van der Waals surface area contributed by atoms with Crippen LogP contribution in [0.25, 0.3) is 0 Å². The van der Waals surface area contributed by atoms with Crippen LogP contribution in [0.15, 0.2) is 89.8 Å². The molecule has 204 valence electrons. The van der Waals surface area contributed by atoms with E-state index in [-0.39, 0.29) is 29.5 Å². The molecule has 0 aliphatic carbocycles. The van der Waals surface area contributed by atoms with Gasteiger partial charge in [0.15, 0.2) is 0 Å². The van der Waals surface area contributed by atoms with Crippen LogP contribution in [0.2, 0.25) is 0 Å². The smallest absolute Gasteiger partial charge is 0.497 e. The van der Waals surface area contributed by atoms with E-state index < -0.39 is 23.9 Å². The summed E-state index contributed by atoms with van der Waals surface area (Å²) in [5.74, 6) is 1.11. The second-order valence-electron chi connectivity index (χ2n) is 8.42. The first-order valence-electron chi connectivity index (χ1n) is 12.1. The summed E-state index contributed by atoms with van der Waals surface area (Å²) in [5, 5.41) is 0. The highest BCUT2D eigenvalue weighted by atomic mass is 32.2. The quantitative estimate of drug-likeness (QED) is 0.309. The summed E-state index contributed by atoms with van der Waals surface area (Å²) in [5.41, 5.74) is 0. The molecule has 1 N–H and O–H groups in total. The lowest BCUT2D eigenvalue weighted by atomic mass is 10.3. The molecule has 0 amide bonds. The van der Waals surface area contributed by atoms with Gasteiger partial charge < -0.3 is 18.5 Å². The number of phosphoric ester groups is 1. The SMILES string of the molecule is COc1ccc(S(=O)(=O)NCC(CN2CCOCC2)OP(=O)(Oc2ccccc2)Oc2ccccc2)cc1. The molecule has 1 heterocycles. The highest BCUT2D eigenvalue weighted by Gasteiger charge is 2.36. The first kappa shape index (κ1) is 28.1. The van der Waals surface area contributed by atoms with Gasteiger partial charge in [-0.1, -0.05) is 36.4 Å². The van der Waals surface area contributed by atoms with E-state index in [0.29, 0.717) is 32.1 Å². The normalized spacial score (nSPS) is 15.5. The zero-order chi connectivity index (χ0) is 26.8. The summed E-state index contributed by atoms with van der Waals surface area (Å²) in [7, 11) is -6.65. The molecule has 12 heteroatoms. The molecule has 0 spiro atoms. The molecule has 38 heavy (non-hydrogen) atoms. The molecular weight excluding hydrogens is 531 g/mol. The topological polar surface area (TPSA) is 113 Å². The van der Waals surface area contributed by atoms with E-state index in [2.05, 4.69) is 4.72 Å². The van der Waals surface area contributed by atoms with Gasteiger partial charge in [0.25, 0.3) is 0 Å². The van der Waals surface area contributed by atoms with Crippen molar-refractivity contribution in [1.29, 1.82) is 0 Å². The van der Waals surface area contributed by atoms with Crippen molar-refractivity contribution in [2.75, 3.05) is 46.5 Å². The number of hydrogen-bond acceptors (Lipinski definition) is 9. The fraction of sp³-hybridized carbons (Fsp3) is 0.308. The van der Waals surface area contributed by atoms with Crippen LogP contribution < -0.4 is 18.5 Å². The molecule has 0 aromatic heterocycles. The Labute approximate surface area is 223 Å². The maximum absolute atomic E-state index is 14.0. The number of hydrogen-bond donors (Lipinski definition) is 1. The number of nitrogens with one attached hydrogen (secondary N) is 1. The lowest BCUT2D eigenvalue weighted by Crippen LogP contribution is -2.45. The van der Waals surface area contributed by atoms with Gasteiger partial charge in [0.2, 0.25) is 10.0 Å². The molecule has 0 radical (unpaired) electrons. The lowest BCUT2D eigenvalue weighted by Gasteiger charge is -2.31. The van der Waals surface area contributed by atoms with E-state index in [9.17, 15) is 13.0 Å². The highest BCUT2D eigenvalue weighted by molar-refractivity contribution is 7.89. The van der Waals surface area contributed by atoms with Crippen LogP contribution in [-0.4, -0.2) is 65.9 Å². The van der Waals surface area contributed by atoms with Gasteiger partial charge in [-0.3, -0.25) is 9.42 Å². The predicted octanol–water partition coefficient (Wildman–Crippen LogP) is 3.96. The number of sulfonamides is 1. The Kier molecular flexibility index (Phi) is 9.79. The Morgan fingerprint density at radius 3 is 1.95 bits per heavy atom. The average Bonchev–Trinajstić information content (AvgIpc) is 2.93. The summed E-state index contributed by atoms with van der Waals surface area (Å²) in [6.45, 7) is 2.40. The molecule has 1 atom stereocenters. The monoisotopic (exact) mass is 562 g/mol. The molecule has 0 bridgehead atoms. The first-order valence-corrected chi connectivity index (χ1v) is 15.0. The third kappa shape index (κ3) is 8.29. The van der Waals surface area contributed by atoms with E-state index in [1.165, 1.54) is 19.2 Å². The molecular formula is C26H31N2O8PS. The summed E-state index contributed by atoms with van der Waals surface area (Å²) < 4.78 is 70.6. The maximum atomic E-state index is 14.0. The van der Waals surface area contributed by atoms with Crippen LogP contribution in [0.4, 0.5) is 0 Å². The molecule has 10 nitrogen and oxygen atoms in total. The summed E-state index contributed by atoms with van der Waals surface area (Å²) >= 11 is 0. The zero-order valence-electron chi connectivity index (χ0n) is 21.0. The standard InChI is InChI=1S/C26H31N2O8PS/c1-32-22-12-14-26(15-13-22)38(30,31)27-20-25(21-28-16-18-33-19-17-28)36-37(29,34-23-8-4-2-5-9-23)35-24-10-6-3-7-11-24/h2-15,25,27H,16-21H2,1H3. The molecule has 1 aliphatic heterocycles. The van der Waals surface area contributed by atoms with E-state index in [4.69, 9.17) is 23.0 Å². The molecule has 1 fully saturated rings. The van der Waals surface area contributed by atoms with Crippen LogP contribution in [0.5, 0.6) is 17.2 Å². The fourth-order valence-corrected chi connectivity index (χ4v) is 6.17. The number of para-hydroxylation sites is 2. The van der Waals surface area contributed by atoms with Crippen LogP contribution in [0.1, 0.15) is 0 Å². The lowest BCUT2D eigenvalue weighted by molar-refractivity contribution is 0.0162. The molecule has 1 aliphatic rings. The number of rotatable bonds is 13. The number of morpholine rings is 1. The van der Waals surface area contributed by atoms with Crippen LogP contribution in [-0.2, 0) is 23.8 Å². The van der Waals surface area contributed by atoms with Gasteiger partial charge in [-0.05, 0) is 48.5 Å². The summed E-state index contributed by atoms with van der Waals surface area (Å²) in [6, 6.07) is 23.1. The number of benzene rings is 3. The minimum atomic E-state index is -4.26. The van der Waals surface area contributed by atoms with Gasteiger partial charge in [-0.15, -0.1) is 0 Å². The molecule has 3 aromatic carbocycles. The number of phosphoric acid groups is 1. The van der Waals surface area contributed by atoms with E-state index in [1.807, 2.05) is 4.90 Å². The molecule has 1 saturated heterocycles. The molecule has 0 saturated carbocycles. The van der Waals surface area contributed by atoms with E-state index in [1.54, 1.807) is 72.8 Å². The number of methoxy groups -OCH3 is 1. The summed E-state index contributed by atoms with van der Waals surface area (Å²) in [6.07, 6.45) is -0.876. The van der Waals surface area contributed by atoms with Crippen molar-refractivity contribution in [3.63, 3.8) is 0 Å². The van der Waals surface area contributed by atoms with E-state index >= 15 is 0 Å². The average molecular weight is 563 g/mol. The Balaban J connectivity index is 1.55. The van der Waals surface area contributed by atoms with Gasteiger partial charge in [0, 0.05) is 26.2 Å². The second-order valence-corrected chi connectivity index (χ2v) is 11.7. The van der Waals surface area contributed by atoms with Crippen molar-refractivity contribution in [3.05, 3.63) is 84.9 Å². The third-order valence-corrected chi connectivity index (χ3v) is 8.50. The molecule has 3 aromatic rings. The maximum Gasteiger partial charge on any atom is 0.587 e. The van der Waals surface area contributed by atoms with Gasteiger partial charge in [-0.25, -0.2) is 17.7 Å². The third-order valence-electron chi connectivity index (χ3n) is 5.64. The first-order chi connectivity index (χ1) is 18.4. The Hall–Kier alpha value is -2.92. The van der Waals surface area contributed by atoms with Crippen molar-refractivity contribution in [3.8, 4) is 17.2 Å².